The maximum absolute atomic E-state index is 7.24. The first-order valence-corrected chi connectivity index (χ1v) is 19.3. The third-order valence-electron chi connectivity index (χ3n) is 9.70. The minimum Gasteiger partial charge on any atom is -0.497 e. The van der Waals surface area contributed by atoms with Crippen LogP contribution in [0.3, 0.4) is 0 Å². The lowest BCUT2D eigenvalue weighted by molar-refractivity contribution is -0.00456. The standard InChI is InChI=1S/C38H46N4O4Si/c1-37(2,3)47(6,7)46-24-23-42-34(40-33-25-39-35(27-13-14-27)41-36(33)42)26-45-38(28-11-9-8-10-12-28,29-15-19-31(43-4)20-16-29)30-17-21-32(44-5)22-18-30/h8-12,15-22,25,27H,13-14,23-24,26H2,1-7H3. The molecule has 0 atom stereocenters. The number of hydrogen-bond donors (Lipinski definition) is 0. The molecule has 0 bridgehead atoms. The molecule has 1 fully saturated rings. The summed E-state index contributed by atoms with van der Waals surface area (Å²) >= 11 is 0. The number of fused-ring (bicyclic) bond motifs is 1. The number of nitrogens with zero attached hydrogens (tertiary/aromatic N) is 4. The van der Waals surface area contributed by atoms with Crippen molar-refractivity contribution < 1.29 is 18.6 Å². The van der Waals surface area contributed by atoms with E-state index in [9.17, 15) is 0 Å². The molecule has 3 aromatic carbocycles. The third-order valence-corrected chi connectivity index (χ3v) is 14.2. The Kier molecular flexibility index (Phi) is 9.24. The lowest BCUT2D eigenvalue weighted by Crippen LogP contribution is -2.41. The quantitative estimate of drug-likeness (QED) is 0.0938. The molecule has 1 aliphatic carbocycles. The number of benzene rings is 3. The smallest absolute Gasteiger partial charge is 0.192 e. The van der Waals surface area contributed by atoms with Crippen molar-refractivity contribution in [3.05, 3.63) is 113 Å². The summed E-state index contributed by atoms with van der Waals surface area (Å²) in [7, 11) is 1.40. The molecular weight excluding hydrogens is 605 g/mol. The molecule has 5 aromatic rings. The lowest BCUT2D eigenvalue weighted by Gasteiger charge is -2.36. The summed E-state index contributed by atoms with van der Waals surface area (Å²) in [4.78, 5) is 14.8. The van der Waals surface area contributed by atoms with E-state index < -0.39 is 13.9 Å². The van der Waals surface area contributed by atoms with Gasteiger partial charge in [-0.15, -0.1) is 0 Å². The highest BCUT2D eigenvalue weighted by Gasteiger charge is 2.39. The van der Waals surface area contributed by atoms with Crippen LogP contribution in [0.4, 0.5) is 0 Å². The molecule has 0 amide bonds. The predicted octanol–water partition coefficient (Wildman–Crippen LogP) is 8.25. The molecule has 47 heavy (non-hydrogen) atoms. The Morgan fingerprint density at radius 3 is 1.89 bits per heavy atom. The van der Waals surface area contributed by atoms with Crippen LogP contribution < -0.4 is 9.47 Å². The SMILES string of the molecule is COc1ccc(C(OCc2nc3cnc(C4CC4)nc3n2CCO[Si](C)(C)C(C)(C)C)(c2ccccc2)c2ccc(OC)cc2)cc1. The Bertz CT molecular complexity index is 1750. The first-order valence-electron chi connectivity index (χ1n) is 16.4. The summed E-state index contributed by atoms with van der Waals surface area (Å²) < 4.78 is 27.1. The van der Waals surface area contributed by atoms with Crippen LogP contribution in [-0.4, -0.2) is 48.7 Å². The minimum atomic E-state index is -1.96. The lowest BCUT2D eigenvalue weighted by atomic mass is 9.80. The van der Waals surface area contributed by atoms with E-state index in [1.54, 1.807) is 14.2 Å². The van der Waals surface area contributed by atoms with E-state index >= 15 is 0 Å². The number of aromatic nitrogens is 4. The summed E-state index contributed by atoms with van der Waals surface area (Å²) in [6, 6.07) is 26.5. The van der Waals surface area contributed by atoms with Crippen LogP contribution in [0.2, 0.25) is 18.1 Å². The van der Waals surface area contributed by atoms with Gasteiger partial charge in [0.1, 0.15) is 40.9 Å². The molecule has 0 saturated heterocycles. The van der Waals surface area contributed by atoms with Gasteiger partial charge in [0.2, 0.25) is 0 Å². The zero-order valence-corrected chi connectivity index (χ0v) is 29.6. The van der Waals surface area contributed by atoms with E-state index in [1.165, 1.54) is 0 Å². The second-order valence-corrected chi connectivity index (χ2v) is 18.6. The van der Waals surface area contributed by atoms with Crippen LogP contribution in [0.5, 0.6) is 11.5 Å². The average molecular weight is 651 g/mol. The van der Waals surface area contributed by atoms with Crippen molar-refractivity contribution >= 4 is 19.5 Å². The second kappa shape index (κ2) is 13.2. The molecular formula is C38H46N4O4Si. The van der Waals surface area contributed by atoms with Gasteiger partial charge in [-0.25, -0.2) is 15.0 Å². The molecule has 8 nitrogen and oxygen atoms in total. The second-order valence-electron chi connectivity index (χ2n) is 13.8. The Morgan fingerprint density at radius 1 is 0.787 bits per heavy atom. The highest BCUT2D eigenvalue weighted by Crippen LogP contribution is 2.43. The van der Waals surface area contributed by atoms with Gasteiger partial charge < -0.3 is 23.2 Å². The molecule has 0 aliphatic heterocycles. The molecule has 0 radical (unpaired) electrons. The van der Waals surface area contributed by atoms with Gasteiger partial charge >= 0.3 is 0 Å². The number of ether oxygens (including phenoxy) is 3. The number of methoxy groups -OCH3 is 2. The topological polar surface area (TPSA) is 80.5 Å². The molecule has 1 saturated carbocycles. The van der Waals surface area contributed by atoms with Crippen LogP contribution in [0.25, 0.3) is 11.2 Å². The van der Waals surface area contributed by atoms with Gasteiger partial charge in [-0.2, -0.15) is 0 Å². The fourth-order valence-electron chi connectivity index (χ4n) is 5.72. The van der Waals surface area contributed by atoms with Crippen molar-refractivity contribution in [3.63, 3.8) is 0 Å². The van der Waals surface area contributed by atoms with Crippen LogP contribution in [0.15, 0.2) is 85.1 Å². The molecule has 0 unspecified atom stereocenters. The normalized spacial score (nSPS) is 14.0. The highest BCUT2D eigenvalue weighted by atomic mass is 28.4. The van der Waals surface area contributed by atoms with E-state index in [2.05, 4.69) is 79.8 Å². The van der Waals surface area contributed by atoms with Gasteiger partial charge in [0.05, 0.1) is 27.0 Å². The Balaban J connectivity index is 1.44. The van der Waals surface area contributed by atoms with Crippen LogP contribution >= 0.6 is 0 Å². The van der Waals surface area contributed by atoms with Crippen LogP contribution in [0.1, 0.15) is 67.9 Å². The Morgan fingerprint density at radius 2 is 1.36 bits per heavy atom. The number of rotatable bonds is 13. The average Bonchev–Trinajstić information content (AvgIpc) is 3.88. The number of imidazole rings is 1. The van der Waals surface area contributed by atoms with E-state index in [4.69, 9.17) is 28.6 Å². The molecule has 9 heteroatoms. The molecule has 6 rings (SSSR count). The predicted molar refractivity (Wildman–Crippen MR) is 188 cm³/mol. The van der Waals surface area contributed by atoms with Crippen molar-refractivity contribution in [3.8, 4) is 11.5 Å². The van der Waals surface area contributed by atoms with Crippen molar-refractivity contribution in [2.75, 3.05) is 20.8 Å². The Hall–Kier alpha value is -4.05. The zero-order chi connectivity index (χ0) is 33.2. The van der Waals surface area contributed by atoms with E-state index in [0.29, 0.717) is 19.1 Å². The van der Waals surface area contributed by atoms with Gasteiger partial charge in [0.25, 0.3) is 0 Å². The maximum Gasteiger partial charge on any atom is 0.192 e. The first-order chi connectivity index (χ1) is 22.6. The van der Waals surface area contributed by atoms with Crippen molar-refractivity contribution in [1.29, 1.82) is 0 Å². The van der Waals surface area contributed by atoms with Gasteiger partial charge in [-0.1, -0.05) is 75.4 Å². The summed E-state index contributed by atoms with van der Waals surface area (Å²) in [5.74, 6) is 3.66. The van der Waals surface area contributed by atoms with Crippen molar-refractivity contribution in [1.82, 2.24) is 19.5 Å². The van der Waals surface area contributed by atoms with Crippen LogP contribution in [-0.2, 0) is 27.9 Å². The minimum absolute atomic E-state index is 0.114. The van der Waals surface area contributed by atoms with Crippen molar-refractivity contribution in [2.24, 2.45) is 0 Å². The monoisotopic (exact) mass is 650 g/mol. The van der Waals surface area contributed by atoms with E-state index in [1.807, 2.05) is 48.7 Å². The molecule has 2 heterocycles. The van der Waals surface area contributed by atoms with Gasteiger partial charge in [-0.05, 0) is 71.9 Å². The number of hydrogen-bond acceptors (Lipinski definition) is 7. The van der Waals surface area contributed by atoms with E-state index in [-0.39, 0.29) is 11.6 Å². The fourth-order valence-corrected chi connectivity index (χ4v) is 6.75. The van der Waals surface area contributed by atoms with Crippen LogP contribution in [0, 0.1) is 0 Å². The van der Waals surface area contributed by atoms with Gasteiger partial charge in [0.15, 0.2) is 14.0 Å². The summed E-state index contributed by atoms with van der Waals surface area (Å²) in [6.45, 7) is 12.8. The Labute approximate surface area is 279 Å². The van der Waals surface area contributed by atoms with Gasteiger partial charge in [0, 0.05) is 12.5 Å². The first kappa shape index (κ1) is 32.9. The summed E-state index contributed by atoms with van der Waals surface area (Å²) in [5, 5.41) is 0.114. The van der Waals surface area contributed by atoms with Gasteiger partial charge in [-0.3, -0.25) is 0 Å². The largest absolute Gasteiger partial charge is 0.497 e. The zero-order valence-electron chi connectivity index (χ0n) is 28.6. The highest BCUT2D eigenvalue weighted by molar-refractivity contribution is 6.74. The molecule has 1 aliphatic rings. The van der Waals surface area contributed by atoms with Crippen molar-refractivity contribution in [2.45, 2.75) is 76.4 Å². The van der Waals surface area contributed by atoms with E-state index in [0.717, 1.165) is 63.8 Å². The summed E-state index contributed by atoms with van der Waals surface area (Å²) in [5.41, 5.74) is 3.56. The maximum atomic E-state index is 7.24. The fraction of sp³-hybridized carbons (Fsp3) is 0.395. The third kappa shape index (κ3) is 6.70. The molecule has 0 spiro atoms. The molecule has 0 N–H and O–H groups in total. The summed E-state index contributed by atoms with van der Waals surface area (Å²) in [6.07, 6.45) is 4.13. The molecule has 2 aromatic heterocycles. The molecule has 246 valence electrons.